The van der Waals surface area contributed by atoms with Crippen molar-refractivity contribution in [3.63, 3.8) is 0 Å². The van der Waals surface area contributed by atoms with Crippen LogP contribution >= 0.6 is 0 Å². The predicted molar refractivity (Wildman–Crippen MR) is 142 cm³/mol. The molecule has 0 atom stereocenters. The lowest BCUT2D eigenvalue weighted by Gasteiger charge is -2.19. The van der Waals surface area contributed by atoms with Crippen molar-refractivity contribution in [2.24, 2.45) is 5.41 Å². The molecule has 1 aromatic heterocycles. The summed E-state index contributed by atoms with van der Waals surface area (Å²) in [6, 6.07) is 7.01. The Kier molecular flexibility index (Phi) is 7.31. The van der Waals surface area contributed by atoms with Gasteiger partial charge in [0.2, 0.25) is 5.95 Å². The van der Waals surface area contributed by atoms with E-state index in [9.17, 15) is 18.4 Å². The number of rotatable bonds is 5. The molecule has 0 saturated heterocycles. The third kappa shape index (κ3) is 5.41. The molecular weight excluding hydrogens is 490 g/mol. The maximum Gasteiger partial charge on any atom is 0.311 e. The second-order valence-electron chi connectivity index (χ2n) is 10.4. The number of anilines is 1. The number of carbonyl (C=O) groups is 2. The van der Waals surface area contributed by atoms with Crippen LogP contribution in [-0.2, 0) is 16.1 Å². The smallest absolute Gasteiger partial charge is 0.311 e. The van der Waals surface area contributed by atoms with Gasteiger partial charge in [-0.3, -0.25) is 9.59 Å². The molecule has 2 aromatic carbocycles. The van der Waals surface area contributed by atoms with E-state index in [1.807, 2.05) is 26.0 Å². The second-order valence-corrected chi connectivity index (χ2v) is 10.4. The fourth-order valence-corrected chi connectivity index (χ4v) is 4.29. The zero-order valence-corrected chi connectivity index (χ0v) is 22.1. The minimum absolute atomic E-state index is 0.0474. The summed E-state index contributed by atoms with van der Waals surface area (Å²) in [5.74, 6) is -2.95. The summed E-state index contributed by atoms with van der Waals surface area (Å²) in [7, 11) is 0. The van der Waals surface area contributed by atoms with E-state index in [0.29, 0.717) is 35.1 Å². The number of hydrogen-bond donors (Lipinski definition) is 1. The van der Waals surface area contributed by atoms with Crippen LogP contribution in [0.5, 0.6) is 0 Å². The van der Waals surface area contributed by atoms with Gasteiger partial charge < -0.3 is 15.4 Å². The Morgan fingerprint density at radius 1 is 1.11 bits per heavy atom. The van der Waals surface area contributed by atoms with Crippen molar-refractivity contribution in [2.45, 2.75) is 41.2 Å². The number of nitrogens with two attached hydrogens (primary N) is 1. The Labute approximate surface area is 220 Å². The molecule has 0 unspecified atom stereocenters. The molecule has 1 aliphatic rings. The lowest BCUT2D eigenvalue weighted by molar-refractivity contribution is -0.154. The summed E-state index contributed by atoms with van der Waals surface area (Å²) in [4.78, 5) is 36.0. The average molecular weight is 521 g/mol. The molecule has 38 heavy (non-hydrogen) atoms. The van der Waals surface area contributed by atoms with Crippen molar-refractivity contribution in [1.82, 2.24) is 14.9 Å². The van der Waals surface area contributed by atoms with Crippen LogP contribution in [0.3, 0.4) is 0 Å². The number of amides is 1. The van der Waals surface area contributed by atoms with Crippen molar-refractivity contribution in [1.29, 1.82) is 0 Å². The van der Waals surface area contributed by atoms with E-state index >= 15 is 0 Å². The van der Waals surface area contributed by atoms with E-state index in [-0.39, 0.29) is 29.7 Å². The molecule has 0 fully saturated rings. The Morgan fingerprint density at radius 3 is 2.50 bits per heavy atom. The number of carbonyl (C=O) groups excluding carboxylic acids is 2. The van der Waals surface area contributed by atoms with Crippen LogP contribution in [0, 0.1) is 17.0 Å². The van der Waals surface area contributed by atoms with Crippen molar-refractivity contribution < 1.29 is 23.1 Å². The number of fused-ring (bicyclic) bond motifs is 1. The molecule has 1 aliphatic heterocycles. The molecule has 7 nitrogen and oxygen atoms in total. The maximum absolute atomic E-state index is 14.4. The Hall–Kier alpha value is -4.14. The molecule has 4 rings (SSSR count). The van der Waals surface area contributed by atoms with E-state index in [1.165, 1.54) is 0 Å². The molecule has 3 aromatic rings. The van der Waals surface area contributed by atoms with E-state index in [4.69, 9.17) is 10.5 Å². The number of aromatic nitrogens is 2. The zero-order valence-electron chi connectivity index (χ0n) is 22.1. The van der Waals surface area contributed by atoms with Gasteiger partial charge in [-0.05, 0) is 81.2 Å². The number of nitrogen functional groups attached to an aromatic ring is 1. The molecule has 0 saturated carbocycles. The minimum Gasteiger partial charge on any atom is -0.460 e. The van der Waals surface area contributed by atoms with Gasteiger partial charge in [0.25, 0.3) is 5.91 Å². The van der Waals surface area contributed by atoms with Crippen LogP contribution in [0.4, 0.5) is 14.7 Å². The van der Waals surface area contributed by atoms with Crippen molar-refractivity contribution in [3.8, 4) is 11.1 Å². The summed E-state index contributed by atoms with van der Waals surface area (Å²) >= 11 is 0. The lowest BCUT2D eigenvalue weighted by Crippen LogP contribution is -2.30. The molecule has 198 valence electrons. The van der Waals surface area contributed by atoms with E-state index in [1.54, 1.807) is 43.9 Å². The van der Waals surface area contributed by atoms with Gasteiger partial charge >= 0.3 is 5.97 Å². The van der Waals surface area contributed by atoms with Crippen molar-refractivity contribution in [2.75, 3.05) is 18.8 Å². The summed E-state index contributed by atoms with van der Waals surface area (Å²) in [6.07, 6.45) is 3.90. The second kappa shape index (κ2) is 10.3. The number of hydrogen-bond acceptors (Lipinski definition) is 6. The van der Waals surface area contributed by atoms with Crippen LogP contribution in [-0.4, -0.2) is 39.8 Å². The third-order valence-electron chi connectivity index (χ3n) is 6.34. The quantitative estimate of drug-likeness (QED) is 0.440. The van der Waals surface area contributed by atoms with E-state index < -0.39 is 23.0 Å². The van der Waals surface area contributed by atoms with Crippen molar-refractivity contribution in [3.05, 3.63) is 76.5 Å². The van der Waals surface area contributed by atoms with Crippen molar-refractivity contribution >= 4 is 28.7 Å². The summed E-state index contributed by atoms with van der Waals surface area (Å²) in [5, 5.41) is 0.418. The number of benzene rings is 2. The normalized spacial score (nSPS) is 14.1. The Bertz CT molecular complexity index is 1510. The van der Waals surface area contributed by atoms with Gasteiger partial charge in [-0.1, -0.05) is 18.2 Å². The molecule has 0 radical (unpaired) electrons. The maximum atomic E-state index is 14.4. The Balaban J connectivity index is 1.77. The molecule has 2 N–H and O–H groups in total. The highest BCUT2D eigenvalue weighted by Crippen LogP contribution is 2.32. The van der Waals surface area contributed by atoms with Crippen LogP contribution < -0.4 is 5.73 Å². The standard InChI is InChI=1S/C29H30F2N4O3/c1-6-7-18-14-35(13-16(18)2)26(36)25-21-10-17(8-9-24(21)33-28(32)34-25)20-12-23(31)22(30)11-19(20)15-38-27(37)29(3,4)5/h6-12H,13-15H2,1-5H3,(H2,32,33,34). The van der Waals surface area contributed by atoms with Gasteiger partial charge in [0.05, 0.1) is 10.9 Å². The molecule has 0 aliphatic carbocycles. The molecule has 1 amide bonds. The Morgan fingerprint density at radius 2 is 1.82 bits per heavy atom. The molecule has 0 spiro atoms. The molecule has 0 bridgehead atoms. The van der Waals surface area contributed by atoms with E-state index in [2.05, 4.69) is 9.97 Å². The summed E-state index contributed by atoms with van der Waals surface area (Å²) in [6.45, 7) is 9.64. The molecule has 9 heteroatoms. The third-order valence-corrected chi connectivity index (χ3v) is 6.34. The summed E-state index contributed by atoms with van der Waals surface area (Å²) < 4.78 is 33.9. The minimum atomic E-state index is -1.06. The fourth-order valence-electron chi connectivity index (χ4n) is 4.29. The highest BCUT2D eigenvalue weighted by molar-refractivity contribution is 6.06. The first-order valence-corrected chi connectivity index (χ1v) is 12.2. The van der Waals surface area contributed by atoms with Crippen LogP contribution in [0.15, 0.2) is 53.6 Å². The molecular formula is C29H30F2N4O3. The molecule has 2 heterocycles. The topological polar surface area (TPSA) is 98.4 Å². The van der Waals surface area contributed by atoms with Crippen LogP contribution in [0.1, 0.15) is 50.7 Å². The number of halogens is 2. The number of ether oxygens (including phenoxy) is 1. The first kappa shape index (κ1) is 26.9. The number of allylic oxidation sites excluding steroid dienone is 1. The predicted octanol–water partition coefficient (Wildman–Crippen LogP) is 5.59. The highest BCUT2D eigenvalue weighted by atomic mass is 19.2. The fraction of sp³-hybridized carbons (Fsp3) is 0.310. The van der Waals surface area contributed by atoms with Gasteiger partial charge in [-0.2, -0.15) is 0 Å². The lowest BCUT2D eigenvalue weighted by atomic mass is 9.96. The van der Waals surface area contributed by atoms with Gasteiger partial charge in [-0.25, -0.2) is 18.7 Å². The first-order valence-electron chi connectivity index (χ1n) is 12.2. The van der Waals surface area contributed by atoms with Gasteiger partial charge in [0, 0.05) is 24.0 Å². The number of esters is 1. The van der Waals surface area contributed by atoms with Gasteiger partial charge in [0.1, 0.15) is 12.3 Å². The highest BCUT2D eigenvalue weighted by Gasteiger charge is 2.27. The van der Waals surface area contributed by atoms with Gasteiger partial charge in [-0.15, -0.1) is 0 Å². The zero-order chi connectivity index (χ0) is 27.8. The van der Waals surface area contributed by atoms with Crippen LogP contribution in [0.2, 0.25) is 0 Å². The van der Waals surface area contributed by atoms with E-state index in [0.717, 1.165) is 23.3 Å². The monoisotopic (exact) mass is 520 g/mol. The van der Waals surface area contributed by atoms with Crippen LogP contribution in [0.25, 0.3) is 22.0 Å². The summed E-state index contributed by atoms with van der Waals surface area (Å²) in [5.41, 5.74) is 8.93. The SMILES string of the molecule is CC=CC1=C(C)CN(C(=O)c2nc(N)nc3ccc(-c4cc(F)c(F)cc4COC(=O)C(C)(C)C)cc23)C1. The largest absolute Gasteiger partial charge is 0.460 e. The number of nitrogens with zero attached hydrogens (tertiary/aromatic N) is 3. The van der Waals surface area contributed by atoms with Gasteiger partial charge in [0.15, 0.2) is 11.6 Å². The first-order chi connectivity index (χ1) is 17.9. The average Bonchev–Trinajstić information content (AvgIpc) is 3.22.